The molecule has 3 rings (SSSR count). The summed E-state index contributed by atoms with van der Waals surface area (Å²) in [6, 6.07) is 20.9. The summed E-state index contributed by atoms with van der Waals surface area (Å²) < 4.78 is 0. The molecule has 0 saturated carbocycles. The number of amides is 1. The second-order valence-corrected chi connectivity index (χ2v) is 5.38. The van der Waals surface area contributed by atoms with Gasteiger partial charge in [0.05, 0.1) is 0 Å². The van der Waals surface area contributed by atoms with Gasteiger partial charge in [0.2, 0.25) is 5.95 Å². The Morgan fingerprint density at radius 3 is 2.33 bits per heavy atom. The van der Waals surface area contributed by atoms with E-state index in [2.05, 4.69) is 20.6 Å². The van der Waals surface area contributed by atoms with Crippen LogP contribution in [-0.4, -0.2) is 15.9 Å². The van der Waals surface area contributed by atoms with Gasteiger partial charge in [-0.3, -0.25) is 4.79 Å². The minimum Gasteiger partial charge on any atom is -0.350 e. The van der Waals surface area contributed by atoms with Crippen LogP contribution in [0.1, 0.15) is 21.7 Å². The molecular formula is C19H18N4O. The number of benzene rings is 2. The minimum absolute atomic E-state index is 0.255. The SMILES string of the molecule is Cc1cc(C(=O)Nc2ccccc2)nc(NCc2ccccc2)n1. The first-order valence-corrected chi connectivity index (χ1v) is 7.70. The van der Waals surface area contributed by atoms with Crippen molar-refractivity contribution in [1.82, 2.24) is 9.97 Å². The van der Waals surface area contributed by atoms with E-state index < -0.39 is 0 Å². The quantitative estimate of drug-likeness (QED) is 0.753. The van der Waals surface area contributed by atoms with Crippen LogP contribution in [0.4, 0.5) is 11.6 Å². The summed E-state index contributed by atoms with van der Waals surface area (Å²) >= 11 is 0. The van der Waals surface area contributed by atoms with Gasteiger partial charge in [0, 0.05) is 17.9 Å². The lowest BCUT2D eigenvalue weighted by atomic mass is 10.2. The molecule has 0 fully saturated rings. The topological polar surface area (TPSA) is 66.9 Å². The van der Waals surface area contributed by atoms with Gasteiger partial charge in [0.25, 0.3) is 5.91 Å². The van der Waals surface area contributed by atoms with Crippen molar-refractivity contribution < 1.29 is 4.79 Å². The Hall–Kier alpha value is -3.21. The molecule has 1 heterocycles. The van der Waals surface area contributed by atoms with Gasteiger partial charge in [-0.2, -0.15) is 0 Å². The first-order chi connectivity index (χ1) is 11.7. The number of para-hydroxylation sites is 1. The summed E-state index contributed by atoms with van der Waals surface area (Å²) in [7, 11) is 0. The third kappa shape index (κ3) is 4.16. The van der Waals surface area contributed by atoms with Crippen LogP contribution >= 0.6 is 0 Å². The highest BCUT2D eigenvalue weighted by Gasteiger charge is 2.11. The Bertz CT molecular complexity index is 819. The fourth-order valence-corrected chi connectivity index (χ4v) is 2.26. The van der Waals surface area contributed by atoms with Crippen molar-refractivity contribution in [3.63, 3.8) is 0 Å². The Labute approximate surface area is 140 Å². The van der Waals surface area contributed by atoms with E-state index in [-0.39, 0.29) is 5.91 Å². The van der Waals surface area contributed by atoms with Crippen molar-refractivity contribution in [2.75, 3.05) is 10.6 Å². The average Bonchev–Trinajstić information content (AvgIpc) is 2.61. The van der Waals surface area contributed by atoms with Crippen LogP contribution < -0.4 is 10.6 Å². The zero-order valence-corrected chi connectivity index (χ0v) is 13.4. The van der Waals surface area contributed by atoms with E-state index in [1.165, 1.54) is 0 Å². The molecule has 0 radical (unpaired) electrons. The molecule has 0 saturated heterocycles. The summed E-state index contributed by atoms with van der Waals surface area (Å²) in [4.78, 5) is 21.0. The molecule has 120 valence electrons. The van der Waals surface area contributed by atoms with E-state index >= 15 is 0 Å². The molecule has 5 nitrogen and oxygen atoms in total. The van der Waals surface area contributed by atoms with Crippen LogP contribution in [0, 0.1) is 6.92 Å². The molecule has 0 bridgehead atoms. The van der Waals surface area contributed by atoms with Gasteiger partial charge in [-0.05, 0) is 30.7 Å². The number of rotatable bonds is 5. The molecule has 0 atom stereocenters. The van der Waals surface area contributed by atoms with Gasteiger partial charge >= 0.3 is 0 Å². The van der Waals surface area contributed by atoms with Gasteiger partial charge in [0.15, 0.2) is 0 Å². The van der Waals surface area contributed by atoms with Gasteiger partial charge in [-0.1, -0.05) is 48.5 Å². The molecule has 0 aliphatic heterocycles. The molecule has 2 aromatic carbocycles. The second-order valence-electron chi connectivity index (χ2n) is 5.38. The predicted octanol–water partition coefficient (Wildman–Crippen LogP) is 3.65. The van der Waals surface area contributed by atoms with E-state index in [9.17, 15) is 4.79 Å². The highest BCUT2D eigenvalue weighted by molar-refractivity contribution is 6.03. The zero-order valence-electron chi connectivity index (χ0n) is 13.4. The van der Waals surface area contributed by atoms with Crippen molar-refractivity contribution in [1.29, 1.82) is 0 Å². The molecule has 5 heteroatoms. The van der Waals surface area contributed by atoms with Crippen molar-refractivity contribution in [2.24, 2.45) is 0 Å². The maximum atomic E-state index is 12.4. The summed E-state index contributed by atoms with van der Waals surface area (Å²) in [5.41, 5.74) is 2.93. The Balaban J connectivity index is 1.72. The van der Waals surface area contributed by atoms with Gasteiger partial charge in [0.1, 0.15) is 5.69 Å². The number of hydrogen-bond acceptors (Lipinski definition) is 4. The normalized spacial score (nSPS) is 10.2. The van der Waals surface area contributed by atoms with Crippen LogP contribution in [0.2, 0.25) is 0 Å². The van der Waals surface area contributed by atoms with Gasteiger partial charge < -0.3 is 10.6 Å². The molecule has 2 N–H and O–H groups in total. The minimum atomic E-state index is -0.255. The van der Waals surface area contributed by atoms with Crippen molar-refractivity contribution in [2.45, 2.75) is 13.5 Å². The Kier molecular flexibility index (Phi) is 4.81. The molecule has 1 aromatic heterocycles. The number of carbonyl (C=O) groups excluding carboxylic acids is 1. The Morgan fingerprint density at radius 2 is 1.62 bits per heavy atom. The maximum absolute atomic E-state index is 12.4. The third-order valence-electron chi connectivity index (χ3n) is 3.41. The van der Waals surface area contributed by atoms with E-state index in [0.717, 1.165) is 16.9 Å². The molecule has 24 heavy (non-hydrogen) atoms. The largest absolute Gasteiger partial charge is 0.350 e. The number of nitrogens with zero attached hydrogens (tertiary/aromatic N) is 2. The summed E-state index contributed by atoms with van der Waals surface area (Å²) in [6.07, 6.45) is 0. The lowest BCUT2D eigenvalue weighted by Gasteiger charge is -2.09. The third-order valence-corrected chi connectivity index (χ3v) is 3.41. The van der Waals surface area contributed by atoms with Crippen molar-refractivity contribution in [3.05, 3.63) is 83.7 Å². The fraction of sp³-hybridized carbons (Fsp3) is 0.105. The van der Waals surface area contributed by atoms with Crippen LogP contribution in [0.5, 0.6) is 0 Å². The fourth-order valence-electron chi connectivity index (χ4n) is 2.26. The van der Waals surface area contributed by atoms with E-state index in [0.29, 0.717) is 18.2 Å². The highest BCUT2D eigenvalue weighted by atomic mass is 16.1. The number of nitrogens with one attached hydrogen (secondary N) is 2. The molecule has 3 aromatic rings. The lowest BCUT2D eigenvalue weighted by Crippen LogP contribution is -2.16. The zero-order chi connectivity index (χ0) is 16.8. The highest BCUT2D eigenvalue weighted by Crippen LogP contribution is 2.11. The number of aryl methyl sites for hydroxylation is 1. The summed E-state index contributed by atoms with van der Waals surface area (Å²) in [5, 5.41) is 5.99. The number of carbonyl (C=O) groups is 1. The molecule has 0 spiro atoms. The molecule has 0 aliphatic rings. The standard InChI is InChI=1S/C19H18N4O/c1-14-12-17(18(24)22-16-10-6-3-7-11-16)23-19(21-14)20-13-15-8-4-2-5-9-15/h2-12H,13H2,1H3,(H,22,24)(H,20,21,23). The number of anilines is 2. The molecular weight excluding hydrogens is 300 g/mol. The smallest absolute Gasteiger partial charge is 0.274 e. The van der Waals surface area contributed by atoms with E-state index in [1.807, 2.05) is 67.6 Å². The predicted molar refractivity (Wildman–Crippen MR) is 94.9 cm³/mol. The van der Waals surface area contributed by atoms with Gasteiger partial charge in [-0.15, -0.1) is 0 Å². The average molecular weight is 318 g/mol. The van der Waals surface area contributed by atoms with Crippen LogP contribution in [0.15, 0.2) is 66.7 Å². The van der Waals surface area contributed by atoms with Gasteiger partial charge in [-0.25, -0.2) is 9.97 Å². The molecule has 0 unspecified atom stereocenters. The van der Waals surface area contributed by atoms with Crippen molar-refractivity contribution in [3.8, 4) is 0 Å². The summed E-state index contributed by atoms with van der Waals surface area (Å²) in [6.45, 7) is 2.44. The first-order valence-electron chi connectivity index (χ1n) is 7.70. The van der Waals surface area contributed by atoms with E-state index in [4.69, 9.17) is 0 Å². The molecule has 0 aliphatic carbocycles. The first kappa shape index (κ1) is 15.7. The van der Waals surface area contributed by atoms with Crippen LogP contribution in [0.3, 0.4) is 0 Å². The maximum Gasteiger partial charge on any atom is 0.274 e. The summed E-state index contributed by atoms with van der Waals surface area (Å²) in [5.74, 6) is 0.187. The van der Waals surface area contributed by atoms with Crippen molar-refractivity contribution >= 4 is 17.5 Å². The monoisotopic (exact) mass is 318 g/mol. The van der Waals surface area contributed by atoms with Crippen LogP contribution in [0.25, 0.3) is 0 Å². The molecule has 1 amide bonds. The number of hydrogen-bond donors (Lipinski definition) is 2. The number of aromatic nitrogens is 2. The van der Waals surface area contributed by atoms with E-state index in [1.54, 1.807) is 6.07 Å². The van der Waals surface area contributed by atoms with Crippen LogP contribution in [-0.2, 0) is 6.54 Å². The lowest BCUT2D eigenvalue weighted by molar-refractivity contribution is 0.102. The second kappa shape index (κ2) is 7.37. The Morgan fingerprint density at radius 1 is 0.958 bits per heavy atom.